The van der Waals surface area contributed by atoms with E-state index < -0.39 is 0 Å². The maximum Gasteiger partial charge on any atom is 0.196 e. The molecule has 0 bridgehead atoms. The second-order valence-corrected chi connectivity index (χ2v) is 5.06. The average molecular weight is 280 g/mol. The Morgan fingerprint density at radius 3 is 2.62 bits per heavy atom. The molecule has 0 unspecified atom stereocenters. The summed E-state index contributed by atoms with van der Waals surface area (Å²) in [7, 11) is 1.58. The number of rotatable bonds is 2. The summed E-state index contributed by atoms with van der Waals surface area (Å²) < 4.78 is 10.8. The topological polar surface area (TPSA) is 35.5 Å². The van der Waals surface area contributed by atoms with Crippen molar-refractivity contribution in [2.75, 3.05) is 13.7 Å². The predicted molar refractivity (Wildman–Crippen MR) is 82.0 cm³/mol. The normalized spacial score (nSPS) is 15.5. The zero-order valence-electron chi connectivity index (χ0n) is 12.1. The summed E-state index contributed by atoms with van der Waals surface area (Å²) in [6.45, 7) is 2.33. The minimum atomic E-state index is -0.00396. The van der Waals surface area contributed by atoms with Gasteiger partial charge in [0.2, 0.25) is 0 Å². The fourth-order valence-electron chi connectivity index (χ4n) is 2.30. The van der Waals surface area contributed by atoms with E-state index >= 15 is 0 Å². The summed E-state index contributed by atoms with van der Waals surface area (Å²) in [5.41, 5.74) is 3.40. The zero-order valence-corrected chi connectivity index (χ0v) is 12.1. The third kappa shape index (κ3) is 2.68. The van der Waals surface area contributed by atoms with Crippen molar-refractivity contribution in [2.24, 2.45) is 0 Å². The lowest BCUT2D eigenvalue weighted by molar-refractivity contribution is 0.100. The number of Topliss-reactive ketones (excluding diaryl/α,β-unsaturated/α-hetero) is 1. The summed E-state index contributed by atoms with van der Waals surface area (Å²) in [4.78, 5) is 12.6. The number of carbonyl (C=O) groups is 1. The molecule has 2 aromatic carbocycles. The van der Waals surface area contributed by atoms with Gasteiger partial charge >= 0.3 is 0 Å². The molecular weight excluding hydrogens is 264 g/mol. The first-order valence-corrected chi connectivity index (χ1v) is 6.80. The van der Waals surface area contributed by atoms with Crippen LogP contribution >= 0.6 is 0 Å². The number of carbonyl (C=O) groups excluding carboxylic acids is 1. The lowest BCUT2D eigenvalue weighted by Gasteiger charge is -2.19. The van der Waals surface area contributed by atoms with Crippen LogP contribution in [0.4, 0.5) is 0 Å². The number of methoxy groups -OCH3 is 1. The highest BCUT2D eigenvalue weighted by atomic mass is 16.5. The average Bonchev–Trinajstić information content (AvgIpc) is 2.52. The third-order valence-electron chi connectivity index (χ3n) is 3.52. The molecule has 1 aliphatic rings. The monoisotopic (exact) mass is 280 g/mol. The first kappa shape index (κ1) is 13.4. The Morgan fingerprint density at radius 1 is 1.14 bits per heavy atom. The van der Waals surface area contributed by atoms with E-state index in [0.717, 1.165) is 5.56 Å². The molecule has 0 spiro atoms. The molecule has 0 radical (unpaired) electrons. The largest absolute Gasteiger partial charge is 0.497 e. The summed E-state index contributed by atoms with van der Waals surface area (Å²) in [5, 5.41) is 0. The minimum Gasteiger partial charge on any atom is -0.497 e. The number of ether oxygens (including phenoxy) is 2. The van der Waals surface area contributed by atoms with Crippen LogP contribution in [0.5, 0.6) is 11.5 Å². The summed E-state index contributed by atoms with van der Waals surface area (Å²) in [6, 6.07) is 13.3. The van der Waals surface area contributed by atoms with Crippen molar-refractivity contribution in [2.45, 2.75) is 6.92 Å². The van der Waals surface area contributed by atoms with Gasteiger partial charge in [-0.25, -0.2) is 0 Å². The van der Waals surface area contributed by atoms with E-state index in [1.165, 1.54) is 5.56 Å². The molecule has 3 heteroatoms. The van der Waals surface area contributed by atoms with Gasteiger partial charge in [-0.1, -0.05) is 29.8 Å². The van der Waals surface area contributed by atoms with Gasteiger partial charge in [-0.05, 0) is 36.8 Å². The molecule has 1 aliphatic heterocycles. The van der Waals surface area contributed by atoms with Crippen molar-refractivity contribution < 1.29 is 14.3 Å². The van der Waals surface area contributed by atoms with Crippen LogP contribution in [0.25, 0.3) is 6.08 Å². The number of aryl methyl sites for hydroxylation is 1. The SMILES string of the molecule is COc1ccc2c(c1)C(=O)/C(=C\c1ccc(C)cc1)CO2. The molecule has 0 saturated carbocycles. The number of fused-ring (bicyclic) bond motifs is 1. The molecule has 3 nitrogen and oxygen atoms in total. The van der Waals surface area contributed by atoms with Crippen LogP contribution in [0.1, 0.15) is 21.5 Å². The number of benzene rings is 2. The highest BCUT2D eigenvalue weighted by Crippen LogP contribution is 2.31. The fraction of sp³-hybridized carbons (Fsp3) is 0.167. The van der Waals surface area contributed by atoms with E-state index in [4.69, 9.17) is 9.47 Å². The molecule has 0 amide bonds. The molecule has 2 aromatic rings. The van der Waals surface area contributed by atoms with E-state index in [1.54, 1.807) is 25.3 Å². The van der Waals surface area contributed by atoms with E-state index in [0.29, 0.717) is 29.2 Å². The Hall–Kier alpha value is -2.55. The van der Waals surface area contributed by atoms with Gasteiger partial charge in [0.15, 0.2) is 5.78 Å². The second-order valence-electron chi connectivity index (χ2n) is 5.06. The molecule has 21 heavy (non-hydrogen) atoms. The minimum absolute atomic E-state index is 0.00396. The molecule has 0 fully saturated rings. The van der Waals surface area contributed by atoms with Crippen molar-refractivity contribution >= 4 is 11.9 Å². The van der Waals surface area contributed by atoms with Crippen molar-refractivity contribution in [3.63, 3.8) is 0 Å². The predicted octanol–water partition coefficient (Wildman–Crippen LogP) is 3.66. The second kappa shape index (κ2) is 5.44. The van der Waals surface area contributed by atoms with Crippen molar-refractivity contribution in [3.8, 4) is 11.5 Å². The quantitative estimate of drug-likeness (QED) is 0.787. The summed E-state index contributed by atoms with van der Waals surface area (Å²) >= 11 is 0. The molecule has 106 valence electrons. The molecule has 0 atom stereocenters. The standard InChI is InChI=1S/C18H16O3/c1-12-3-5-13(6-4-12)9-14-11-21-17-8-7-15(20-2)10-16(17)18(14)19/h3-10H,11H2,1-2H3/b14-9-. The lowest BCUT2D eigenvalue weighted by Crippen LogP contribution is -2.19. The maximum absolute atomic E-state index is 12.6. The van der Waals surface area contributed by atoms with E-state index in [2.05, 4.69) is 0 Å². The van der Waals surface area contributed by atoms with Crippen LogP contribution in [0.3, 0.4) is 0 Å². The first-order chi connectivity index (χ1) is 10.2. The Balaban J connectivity index is 1.96. The molecule has 0 aromatic heterocycles. The zero-order chi connectivity index (χ0) is 14.8. The Bertz CT molecular complexity index is 712. The van der Waals surface area contributed by atoms with Crippen molar-refractivity contribution in [1.29, 1.82) is 0 Å². The van der Waals surface area contributed by atoms with Crippen molar-refractivity contribution in [3.05, 3.63) is 64.7 Å². The lowest BCUT2D eigenvalue weighted by atomic mass is 9.98. The van der Waals surface area contributed by atoms with Crippen LogP contribution < -0.4 is 9.47 Å². The van der Waals surface area contributed by atoms with E-state index in [1.807, 2.05) is 37.3 Å². The molecule has 0 saturated heterocycles. The van der Waals surface area contributed by atoms with Gasteiger partial charge < -0.3 is 9.47 Å². The van der Waals surface area contributed by atoms with Gasteiger partial charge in [-0.3, -0.25) is 4.79 Å². The first-order valence-electron chi connectivity index (χ1n) is 6.80. The molecule has 0 aliphatic carbocycles. The fourth-order valence-corrected chi connectivity index (χ4v) is 2.30. The van der Waals surface area contributed by atoms with E-state index in [-0.39, 0.29) is 5.78 Å². The highest BCUT2D eigenvalue weighted by molar-refractivity contribution is 6.14. The van der Waals surface area contributed by atoms with Crippen LogP contribution in [0.2, 0.25) is 0 Å². The number of hydrogen-bond acceptors (Lipinski definition) is 3. The molecule has 0 N–H and O–H groups in total. The Kier molecular flexibility index (Phi) is 3.48. The molecule has 1 heterocycles. The van der Waals surface area contributed by atoms with Gasteiger partial charge in [0.25, 0.3) is 0 Å². The van der Waals surface area contributed by atoms with Gasteiger partial charge in [-0.2, -0.15) is 0 Å². The van der Waals surface area contributed by atoms with E-state index in [9.17, 15) is 4.79 Å². The van der Waals surface area contributed by atoms with Gasteiger partial charge in [0.05, 0.1) is 12.7 Å². The van der Waals surface area contributed by atoms with Crippen LogP contribution in [0.15, 0.2) is 48.0 Å². The number of hydrogen-bond donors (Lipinski definition) is 0. The van der Waals surface area contributed by atoms with Gasteiger partial charge in [0.1, 0.15) is 18.1 Å². The van der Waals surface area contributed by atoms with Gasteiger partial charge in [0, 0.05) is 5.57 Å². The number of ketones is 1. The van der Waals surface area contributed by atoms with Gasteiger partial charge in [-0.15, -0.1) is 0 Å². The van der Waals surface area contributed by atoms with Crippen LogP contribution in [0, 0.1) is 6.92 Å². The van der Waals surface area contributed by atoms with Crippen LogP contribution in [-0.4, -0.2) is 19.5 Å². The molecule has 3 rings (SSSR count). The third-order valence-corrected chi connectivity index (χ3v) is 3.52. The highest BCUT2D eigenvalue weighted by Gasteiger charge is 2.23. The molecular formula is C18H16O3. The summed E-state index contributed by atoms with van der Waals surface area (Å²) in [5.74, 6) is 1.26. The Labute approximate surface area is 123 Å². The smallest absolute Gasteiger partial charge is 0.196 e. The Morgan fingerprint density at radius 2 is 1.90 bits per heavy atom. The van der Waals surface area contributed by atoms with Crippen molar-refractivity contribution in [1.82, 2.24) is 0 Å². The van der Waals surface area contributed by atoms with Crippen LogP contribution in [-0.2, 0) is 0 Å². The maximum atomic E-state index is 12.6. The summed E-state index contributed by atoms with van der Waals surface area (Å²) in [6.07, 6.45) is 1.88.